The second-order valence-corrected chi connectivity index (χ2v) is 6.13. The van der Waals surface area contributed by atoms with E-state index < -0.39 is 0 Å². The molecule has 0 saturated heterocycles. The molecule has 3 nitrogen and oxygen atoms in total. The lowest BCUT2D eigenvalue weighted by Crippen LogP contribution is -2.30. The average Bonchev–Trinajstić information content (AvgIpc) is 2.67. The third kappa shape index (κ3) is 3.29. The summed E-state index contributed by atoms with van der Waals surface area (Å²) in [6.45, 7) is 2.84. The van der Waals surface area contributed by atoms with Crippen molar-refractivity contribution in [3.63, 3.8) is 0 Å². The van der Waals surface area contributed by atoms with Crippen molar-refractivity contribution < 1.29 is 9.59 Å². The van der Waals surface area contributed by atoms with E-state index in [0.29, 0.717) is 12.1 Å². The quantitative estimate of drug-likeness (QED) is 0.548. The van der Waals surface area contributed by atoms with Crippen molar-refractivity contribution in [1.82, 2.24) is 0 Å². The topological polar surface area (TPSA) is 37.4 Å². The van der Waals surface area contributed by atoms with Crippen LogP contribution in [-0.2, 0) is 4.79 Å². The summed E-state index contributed by atoms with van der Waals surface area (Å²) in [5, 5.41) is 0. The maximum Gasteiger partial charge on any atom is 0.299 e. The third-order valence-electron chi connectivity index (χ3n) is 3.67. The molecule has 1 heterocycles. The van der Waals surface area contributed by atoms with Gasteiger partial charge < -0.3 is 4.90 Å². The predicted molar refractivity (Wildman–Crippen MR) is 84.2 cm³/mol. The molecule has 0 saturated carbocycles. The molecule has 1 aliphatic heterocycles. The Morgan fingerprint density at radius 2 is 1.75 bits per heavy atom. The van der Waals surface area contributed by atoms with Gasteiger partial charge in [-0.15, -0.1) is 0 Å². The second kappa shape index (κ2) is 7.02. The standard InChI is InChI=1S/C16H20BrNO2/c1-2-3-4-5-6-7-10-18-14-11-12(17)8-9-13(14)15(19)16(18)20/h8-9,11H,2-7,10H2,1H3. The molecule has 0 aromatic heterocycles. The van der Waals surface area contributed by atoms with Crippen LogP contribution in [0.2, 0.25) is 0 Å². The second-order valence-electron chi connectivity index (χ2n) is 5.22. The first kappa shape index (κ1) is 15.2. The molecule has 20 heavy (non-hydrogen) atoms. The summed E-state index contributed by atoms with van der Waals surface area (Å²) in [6, 6.07) is 5.38. The number of anilines is 1. The number of nitrogens with zero attached hydrogens (tertiary/aromatic N) is 1. The number of benzene rings is 1. The van der Waals surface area contributed by atoms with Crippen LogP contribution < -0.4 is 4.90 Å². The Labute approximate surface area is 128 Å². The Morgan fingerprint density at radius 3 is 2.50 bits per heavy atom. The van der Waals surface area contributed by atoms with Gasteiger partial charge in [-0.05, 0) is 24.6 Å². The Morgan fingerprint density at radius 1 is 1.05 bits per heavy atom. The Hall–Kier alpha value is -1.16. The van der Waals surface area contributed by atoms with Crippen molar-refractivity contribution in [3.05, 3.63) is 28.2 Å². The first-order valence-electron chi connectivity index (χ1n) is 7.31. The van der Waals surface area contributed by atoms with Gasteiger partial charge in [-0.3, -0.25) is 9.59 Å². The van der Waals surface area contributed by atoms with Crippen molar-refractivity contribution in [2.45, 2.75) is 45.4 Å². The van der Waals surface area contributed by atoms with E-state index in [4.69, 9.17) is 0 Å². The molecule has 108 valence electrons. The summed E-state index contributed by atoms with van der Waals surface area (Å²) in [5.74, 6) is -0.759. The van der Waals surface area contributed by atoms with Gasteiger partial charge in [-0.1, -0.05) is 55.0 Å². The van der Waals surface area contributed by atoms with Gasteiger partial charge in [-0.2, -0.15) is 0 Å². The van der Waals surface area contributed by atoms with Gasteiger partial charge in [0.2, 0.25) is 0 Å². The highest BCUT2D eigenvalue weighted by molar-refractivity contribution is 9.10. The Kier molecular flexibility index (Phi) is 5.35. The largest absolute Gasteiger partial charge is 0.305 e. The fourth-order valence-corrected chi connectivity index (χ4v) is 2.89. The van der Waals surface area contributed by atoms with E-state index in [-0.39, 0.29) is 11.7 Å². The number of rotatable bonds is 7. The SMILES string of the molecule is CCCCCCCCN1C(=O)C(=O)c2ccc(Br)cc21. The van der Waals surface area contributed by atoms with Crippen molar-refractivity contribution in [2.75, 3.05) is 11.4 Å². The third-order valence-corrected chi connectivity index (χ3v) is 4.16. The summed E-state index contributed by atoms with van der Waals surface area (Å²) in [6.07, 6.45) is 7.04. The number of amides is 1. The molecule has 0 unspecified atom stereocenters. The summed E-state index contributed by atoms with van der Waals surface area (Å²) in [5.41, 5.74) is 1.28. The lowest BCUT2D eigenvalue weighted by molar-refractivity contribution is -0.114. The number of carbonyl (C=O) groups is 2. The summed E-state index contributed by atoms with van der Waals surface area (Å²) in [7, 11) is 0. The van der Waals surface area contributed by atoms with E-state index in [1.165, 1.54) is 25.7 Å². The molecule has 1 aliphatic rings. The van der Waals surface area contributed by atoms with Crippen LogP contribution >= 0.6 is 15.9 Å². The van der Waals surface area contributed by atoms with E-state index in [1.807, 2.05) is 6.07 Å². The minimum absolute atomic E-state index is 0.376. The number of ketones is 1. The maximum absolute atomic E-state index is 12.0. The van der Waals surface area contributed by atoms with Gasteiger partial charge in [0, 0.05) is 11.0 Å². The minimum atomic E-state index is -0.383. The normalized spacial score (nSPS) is 14.0. The smallest absolute Gasteiger partial charge is 0.299 e. The van der Waals surface area contributed by atoms with Crippen molar-refractivity contribution in [2.24, 2.45) is 0 Å². The molecule has 1 aromatic carbocycles. The zero-order valence-electron chi connectivity index (χ0n) is 11.8. The van der Waals surface area contributed by atoms with Crippen molar-refractivity contribution in [3.8, 4) is 0 Å². The Bertz CT molecular complexity index is 513. The van der Waals surface area contributed by atoms with E-state index >= 15 is 0 Å². The maximum atomic E-state index is 12.0. The van der Waals surface area contributed by atoms with Crippen LogP contribution in [0.4, 0.5) is 5.69 Å². The Balaban J connectivity index is 1.94. The van der Waals surface area contributed by atoms with E-state index in [1.54, 1.807) is 17.0 Å². The number of unbranched alkanes of at least 4 members (excludes halogenated alkanes) is 5. The lowest BCUT2D eigenvalue weighted by atomic mass is 10.1. The molecule has 0 fully saturated rings. The van der Waals surface area contributed by atoms with Gasteiger partial charge in [0.15, 0.2) is 0 Å². The molecule has 0 aliphatic carbocycles. The zero-order valence-corrected chi connectivity index (χ0v) is 13.4. The van der Waals surface area contributed by atoms with Crippen LogP contribution in [0, 0.1) is 0 Å². The van der Waals surface area contributed by atoms with Crippen LogP contribution in [-0.4, -0.2) is 18.2 Å². The summed E-state index contributed by atoms with van der Waals surface area (Å²) >= 11 is 3.39. The zero-order chi connectivity index (χ0) is 14.5. The number of carbonyl (C=O) groups excluding carboxylic acids is 2. The molecule has 1 aromatic rings. The molecule has 0 radical (unpaired) electrons. The van der Waals surface area contributed by atoms with E-state index in [2.05, 4.69) is 22.9 Å². The van der Waals surface area contributed by atoms with Gasteiger partial charge in [-0.25, -0.2) is 0 Å². The number of hydrogen-bond acceptors (Lipinski definition) is 2. The highest BCUT2D eigenvalue weighted by Gasteiger charge is 2.35. The highest BCUT2D eigenvalue weighted by atomic mass is 79.9. The van der Waals surface area contributed by atoms with Gasteiger partial charge in [0.25, 0.3) is 11.7 Å². The predicted octanol–water partition coefficient (Wildman–Crippen LogP) is 4.34. The minimum Gasteiger partial charge on any atom is -0.305 e. The van der Waals surface area contributed by atoms with Crippen LogP contribution in [0.15, 0.2) is 22.7 Å². The van der Waals surface area contributed by atoms with Crippen LogP contribution in [0.3, 0.4) is 0 Å². The van der Waals surface area contributed by atoms with Gasteiger partial charge in [0.05, 0.1) is 11.3 Å². The number of hydrogen-bond donors (Lipinski definition) is 0. The molecule has 0 spiro atoms. The van der Waals surface area contributed by atoms with Crippen LogP contribution in [0.1, 0.15) is 55.8 Å². The van der Waals surface area contributed by atoms with E-state index in [9.17, 15) is 9.59 Å². The summed E-state index contributed by atoms with van der Waals surface area (Å²) < 4.78 is 0.895. The fraction of sp³-hybridized carbons (Fsp3) is 0.500. The van der Waals surface area contributed by atoms with Gasteiger partial charge in [0.1, 0.15) is 0 Å². The molecule has 0 bridgehead atoms. The first-order valence-corrected chi connectivity index (χ1v) is 8.10. The molecule has 0 N–H and O–H groups in total. The monoisotopic (exact) mass is 337 g/mol. The molecule has 1 amide bonds. The summed E-state index contributed by atoms with van der Waals surface area (Å²) in [4.78, 5) is 25.5. The van der Waals surface area contributed by atoms with Crippen molar-refractivity contribution in [1.29, 1.82) is 0 Å². The van der Waals surface area contributed by atoms with Crippen LogP contribution in [0.25, 0.3) is 0 Å². The number of fused-ring (bicyclic) bond motifs is 1. The average molecular weight is 338 g/mol. The van der Waals surface area contributed by atoms with Crippen LogP contribution in [0.5, 0.6) is 0 Å². The highest BCUT2D eigenvalue weighted by Crippen LogP contribution is 2.31. The number of halogens is 1. The van der Waals surface area contributed by atoms with Gasteiger partial charge >= 0.3 is 0 Å². The van der Waals surface area contributed by atoms with E-state index in [0.717, 1.165) is 23.0 Å². The molecule has 4 heteroatoms. The molecule has 0 atom stereocenters. The lowest BCUT2D eigenvalue weighted by Gasteiger charge is -2.16. The molecular formula is C16H20BrNO2. The fourth-order valence-electron chi connectivity index (χ4n) is 2.54. The molecular weight excluding hydrogens is 318 g/mol. The van der Waals surface area contributed by atoms with Crippen molar-refractivity contribution >= 4 is 33.3 Å². The molecule has 2 rings (SSSR count). The number of Topliss-reactive ketones (excluding diaryl/α,β-unsaturated/α-hetero) is 1. The first-order chi connectivity index (χ1) is 9.65.